The second-order valence-electron chi connectivity index (χ2n) is 3.94. The Hall–Kier alpha value is -1.42. The highest BCUT2D eigenvalue weighted by atomic mass is 16.5. The monoisotopic (exact) mass is 237 g/mol. The Morgan fingerprint density at radius 2 is 2.06 bits per heavy atom. The molecule has 1 aromatic heterocycles. The molecule has 0 aliphatic heterocycles. The second kappa shape index (κ2) is 7.79. The predicted molar refractivity (Wildman–Crippen MR) is 65.4 cm³/mol. The van der Waals surface area contributed by atoms with E-state index in [1.54, 1.807) is 6.07 Å². The largest absolute Gasteiger partial charge is 0.491 e. The number of aromatic nitrogens is 1. The third-order valence-electron chi connectivity index (χ3n) is 2.45. The smallest absolute Gasteiger partial charge is 0.172 e. The van der Waals surface area contributed by atoms with Gasteiger partial charge in [-0.3, -0.25) is 4.79 Å². The molecule has 0 saturated carbocycles. The van der Waals surface area contributed by atoms with Gasteiger partial charge in [0.2, 0.25) is 0 Å². The Morgan fingerprint density at radius 3 is 2.76 bits per heavy atom. The van der Waals surface area contributed by atoms with Crippen LogP contribution < -0.4 is 4.74 Å². The van der Waals surface area contributed by atoms with Crippen molar-refractivity contribution in [1.82, 2.24) is 4.98 Å². The molecule has 94 valence electrons. The summed E-state index contributed by atoms with van der Waals surface area (Å²) in [6.45, 7) is 2.67. The first-order valence-electron chi connectivity index (χ1n) is 5.94. The Kier molecular flexibility index (Phi) is 6.25. The van der Waals surface area contributed by atoms with E-state index in [1.165, 1.54) is 0 Å². The lowest BCUT2D eigenvalue weighted by Crippen LogP contribution is -2.02. The first-order valence-corrected chi connectivity index (χ1v) is 5.94. The van der Waals surface area contributed by atoms with Gasteiger partial charge < -0.3 is 9.84 Å². The molecule has 0 fully saturated rings. The molecule has 17 heavy (non-hydrogen) atoms. The van der Waals surface area contributed by atoms with E-state index in [2.05, 4.69) is 4.98 Å². The molecule has 0 saturated heterocycles. The summed E-state index contributed by atoms with van der Waals surface area (Å²) in [6.07, 6.45) is 4.51. The first-order chi connectivity index (χ1) is 8.27. The lowest BCUT2D eigenvalue weighted by Gasteiger charge is -2.08. The van der Waals surface area contributed by atoms with Crippen LogP contribution >= 0.6 is 0 Å². The van der Waals surface area contributed by atoms with Gasteiger partial charge in [-0.2, -0.15) is 0 Å². The number of carbonyl (C=O) groups is 1. The minimum Gasteiger partial charge on any atom is -0.491 e. The van der Waals surface area contributed by atoms with Gasteiger partial charge in [-0.1, -0.05) is 6.42 Å². The van der Waals surface area contributed by atoms with Gasteiger partial charge in [-0.05, 0) is 38.3 Å². The highest BCUT2D eigenvalue weighted by molar-refractivity contribution is 5.76. The molecule has 1 heterocycles. The van der Waals surface area contributed by atoms with Crippen molar-refractivity contribution < 1.29 is 14.6 Å². The lowest BCUT2D eigenvalue weighted by atomic mass is 10.2. The maximum atomic E-state index is 10.8. The number of ether oxygens (including phenoxy) is 1. The van der Waals surface area contributed by atoms with Crippen LogP contribution in [-0.4, -0.2) is 29.6 Å². The molecule has 0 bridgehead atoms. The van der Waals surface area contributed by atoms with E-state index in [9.17, 15) is 4.79 Å². The number of aliphatic hydroxyl groups excluding tert-OH is 1. The zero-order valence-electron chi connectivity index (χ0n) is 10.2. The molecule has 0 atom stereocenters. The van der Waals surface area contributed by atoms with Crippen LogP contribution in [0.4, 0.5) is 0 Å². The molecule has 1 aromatic rings. The fraction of sp³-hybridized carbons (Fsp3) is 0.538. The van der Waals surface area contributed by atoms with Crippen molar-refractivity contribution in [2.75, 3.05) is 13.2 Å². The van der Waals surface area contributed by atoms with Crippen molar-refractivity contribution in [3.05, 3.63) is 23.5 Å². The van der Waals surface area contributed by atoms with Gasteiger partial charge in [0.05, 0.1) is 6.61 Å². The van der Waals surface area contributed by atoms with E-state index >= 15 is 0 Å². The summed E-state index contributed by atoms with van der Waals surface area (Å²) in [5.74, 6) is 0.549. The van der Waals surface area contributed by atoms with Crippen LogP contribution in [0.15, 0.2) is 12.1 Å². The quantitative estimate of drug-likeness (QED) is 0.556. The second-order valence-corrected chi connectivity index (χ2v) is 3.94. The van der Waals surface area contributed by atoms with Gasteiger partial charge in [-0.25, -0.2) is 4.98 Å². The van der Waals surface area contributed by atoms with Gasteiger partial charge in [0.1, 0.15) is 11.4 Å². The molecule has 0 unspecified atom stereocenters. The minimum atomic E-state index is 0.248. The van der Waals surface area contributed by atoms with Crippen LogP contribution in [0.5, 0.6) is 5.75 Å². The molecule has 0 aromatic carbocycles. The number of unbranched alkanes of at least 4 members (excludes halogenated alkanes) is 3. The number of pyridine rings is 1. The molecule has 0 spiro atoms. The van der Waals surface area contributed by atoms with E-state index in [4.69, 9.17) is 9.84 Å². The van der Waals surface area contributed by atoms with Crippen molar-refractivity contribution in [3.63, 3.8) is 0 Å². The SMILES string of the molecule is Cc1ccc(OCCCCCCO)c(C=O)n1. The van der Waals surface area contributed by atoms with Gasteiger partial charge in [-0.15, -0.1) is 0 Å². The van der Waals surface area contributed by atoms with Crippen molar-refractivity contribution in [1.29, 1.82) is 0 Å². The number of hydrogen-bond acceptors (Lipinski definition) is 4. The number of nitrogens with zero attached hydrogens (tertiary/aromatic N) is 1. The number of carbonyl (C=O) groups excluding carboxylic acids is 1. The third-order valence-corrected chi connectivity index (χ3v) is 2.45. The predicted octanol–water partition coefficient (Wildman–Crippen LogP) is 2.13. The van der Waals surface area contributed by atoms with E-state index < -0.39 is 0 Å². The molecule has 0 aliphatic rings. The number of aldehydes is 1. The number of hydrogen-bond donors (Lipinski definition) is 1. The fourth-order valence-electron chi connectivity index (χ4n) is 1.52. The Bertz CT molecular complexity index is 353. The van der Waals surface area contributed by atoms with E-state index in [0.29, 0.717) is 24.3 Å². The fourth-order valence-corrected chi connectivity index (χ4v) is 1.52. The maximum Gasteiger partial charge on any atom is 0.172 e. The van der Waals surface area contributed by atoms with E-state index in [1.807, 2.05) is 13.0 Å². The standard InChI is InChI=1S/C13H19NO3/c1-11-6-7-13(12(10-16)14-11)17-9-5-3-2-4-8-15/h6-7,10,15H,2-5,8-9H2,1H3. The Morgan fingerprint density at radius 1 is 1.29 bits per heavy atom. The molecule has 1 rings (SSSR count). The van der Waals surface area contributed by atoms with Crippen LogP contribution in [0.2, 0.25) is 0 Å². The topological polar surface area (TPSA) is 59.4 Å². The Balaban J connectivity index is 2.33. The summed E-state index contributed by atoms with van der Waals surface area (Å²) in [4.78, 5) is 14.9. The molecule has 4 nitrogen and oxygen atoms in total. The number of rotatable bonds is 8. The van der Waals surface area contributed by atoms with Gasteiger partial charge >= 0.3 is 0 Å². The summed E-state index contributed by atoms with van der Waals surface area (Å²) in [5, 5.41) is 8.62. The zero-order valence-corrected chi connectivity index (χ0v) is 10.2. The molecule has 0 aliphatic carbocycles. The summed E-state index contributed by atoms with van der Waals surface area (Å²) in [7, 11) is 0. The van der Waals surface area contributed by atoms with Gasteiger partial charge in [0, 0.05) is 12.3 Å². The molecule has 0 amide bonds. The lowest BCUT2D eigenvalue weighted by molar-refractivity contribution is 0.111. The number of aliphatic hydroxyl groups is 1. The normalized spacial score (nSPS) is 10.2. The van der Waals surface area contributed by atoms with E-state index in [-0.39, 0.29) is 6.61 Å². The van der Waals surface area contributed by atoms with Crippen molar-refractivity contribution >= 4 is 6.29 Å². The van der Waals surface area contributed by atoms with E-state index in [0.717, 1.165) is 31.4 Å². The molecular formula is C13H19NO3. The maximum absolute atomic E-state index is 10.8. The summed E-state index contributed by atoms with van der Waals surface area (Å²) in [5.41, 5.74) is 1.17. The molecule has 1 N–H and O–H groups in total. The molecule has 4 heteroatoms. The summed E-state index contributed by atoms with van der Waals surface area (Å²) >= 11 is 0. The van der Waals surface area contributed by atoms with Crippen molar-refractivity contribution in [2.45, 2.75) is 32.6 Å². The summed E-state index contributed by atoms with van der Waals surface area (Å²) in [6, 6.07) is 3.61. The van der Waals surface area contributed by atoms with Crippen LogP contribution in [0.25, 0.3) is 0 Å². The van der Waals surface area contributed by atoms with Crippen LogP contribution in [0.3, 0.4) is 0 Å². The zero-order chi connectivity index (χ0) is 12.5. The van der Waals surface area contributed by atoms with Crippen molar-refractivity contribution in [3.8, 4) is 5.75 Å². The van der Waals surface area contributed by atoms with Gasteiger partial charge in [0.25, 0.3) is 0 Å². The van der Waals surface area contributed by atoms with Crippen molar-refractivity contribution in [2.24, 2.45) is 0 Å². The molecule has 0 radical (unpaired) electrons. The number of aryl methyl sites for hydroxylation is 1. The first kappa shape index (κ1) is 13.6. The highest BCUT2D eigenvalue weighted by Crippen LogP contribution is 2.15. The molecular weight excluding hydrogens is 218 g/mol. The summed E-state index contributed by atoms with van der Waals surface area (Å²) < 4.78 is 5.51. The average Bonchev–Trinajstić information content (AvgIpc) is 2.35. The van der Waals surface area contributed by atoms with Crippen LogP contribution in [-0.2, 0) is 0 Å². The van der Waals surface area contributed by atoms with Crippen LogP contribution in [0, 0.1) is 6.92 Å². The average molecular weight is 237 g/mol. The Labute approximate surface area is 102 Å². The third kappa shape index (κ3) is 4.95. The van der Waals surface area contributed by atoms with Crippen LogP contribution in [0.1, 0.15) is 41.9 Å². The minimum absolute atomic E-state index is 0.248. The van der Waals surface area contributed by atoms with Gasteiger partial charge in [0.15, 0.2) is 6.29 Å². The highest BCUT2D eigenvalue weighted by Gasteiger charge is 2.04.